The van der Waals surface area contributed by atoms with Gasteiger partial charge in [-0.2, -0.15) is 0 Å². The van der Waals surface area contributed by atoms with Gasteiger partial charge in [0, 0.05) is 53.5 Å². The monoisotopic (exact) mass is 830 g/mol. The van der Waals surface area contributed by atoms with Crippen LogP contribution < -0.4 is 49.1 Å². The van der Waals surface area contributed by atoms with E-state index in [9.17, 15) is 24.0 Å². The Kier molecular flexibility index (Phi) is 16.1. The molecule has 2 aromatic carbocycles. The van der Waals surface area contributed by atoms with Crippen molar-refractivity contribution in [2.45, 2.75) is 69.6 Å². The zero-order chi connectivity index (χ0) is 38.2. The number of guanidine groups is 2. The number of hydrogen-bond acceptors (Lipinski definition) is 7. The number of carbonyl (C=O) groups excluding carboxylic acids is 5. The van der Waals surface area contributed by atoms with E-state index >= 15 is 0 Å². The van der Waals surface area contributed by atoms with Gasteiger partial charge in [0.25, 0.3) is 0 Å². The summed E-state index contributed by atoms with van der Waals surface area (Å²) in [4.78, 5) is 69.1. The number of carbonyl (C=O) groups is 5. The molecule has 52 heavy (non-hydrogen) atoms. The standard InChI is InChI=1S/C34H47IN12O5/c1-19(48)44-27(16-20-10-12-22(35)13-11-20)31(51)46-26(9-5-15-42-34(39)40)30(50)47-28(17-21-18-43-24-7-3-2-6-23(21)24)32(52)45-25(29(36)49)8-4-14-41-33(37)38/h2-3,6-7,10-13,18,25-28,43H,4-5,8-9,14-17H2,1H3,(H2,36,49)(H,44,48)(H,45,52)(H,46,51)(H,47,50)(H4,37,38,41)(H4,39,40,42)/t25-,26-,27+,28-/m0/s1. The van der Waals surface area contributed by atoms with Crippen LogP contribution in [0.2, 0.25) is 0 Å². The first kappa shape index (κ1) is 41.0. The minimum absolute atomic E-state index is 0.0207. The third-order valence-corrected chi connectivity index (χ3v) is 8.76. The van der Waals surface area contributed by atoms with E-state index in [1.165, 1.54) is 6.92 Å². The highest BCUT2D eigenvalue weighted by Gasteiger charge is 2.31. The molecule has 0 aliphatic heterocycles. The van der Waals surface area contributed by atoms with Gasteiger partial charge in [0.1, 0.15) is 24.2 Å². The Morgan fingerprint density at radius 1 is 0.712 bits per heavy atom. The number of aromatic nitrogens is 1. The second-order valence-electron chi connectivity index (χ2n) is 12.2. The van der Waals surface area contributed by atoms with Crippen LogP contribution in [-0.4, -0.2) is 83.7 Å². The van der Waals surface area contributed by atoms with Crippen LogP contribution in [0.3, 0.4) is 0 Å². The summed E-state index contributed by atoms with van der Waals surface area (Å²) in [5.74, 6) is -3.70. The largest absolute Gasteiger partial charge is 0.370 e. The molecule has 0 bridgehead atoms. The molecule has 1 aromatic heterocycles. The second-order valence-corrected chi connectivity index (χ2v) is 13.4. The average Bonchev–Trinajstić information content (AvgIpc) is 3.49. The van der Waals surface area contributed by atoms with E-state index < -0.39 is 53.7 Å². The fourth-order valence-electron chi connectivity index (χ4n) is 5.47. The minimum atomic E-state index is -1.21. The quantitative estimate of drug-likeness (QED) is 0.0303. The van der Waals surface area contributed by atoms with Crippen LogP contribution >= 0.6 is 22.6 Å². The van der Waals surface area contributed by atoms with Crippen molar-refractivity contribution in [1.82, 2.24) is 36.9 Å². The number of halogens is 1. The molecule has 280 valence electrons. The maximum absolute atomic E-state index is 14.0. The van der Waals surface area contributed by atoms with Gasteiger partial charge in [-0.25, -0.2) is 0 Å². The third kappa shape index (κ3) is 13.7. The van der Waals surface area contributed by atoms with Gasteiger partial charge < -0.3 is 54.1 Å². The zero-order valence-electron chi connectivity index (χ0n) is 28.8. The van der Waals surface area contributed by atoms with Gasteiger partial charge in [0.05, 0.1) is 0 Å². The Balaban J connectivity index is 1.88. The van der Waals surface area contributed by atoms with Crippen LogP contribution in [0.1, 0.15) is 43.7 Å². The van der Waals surface area contributed by atoms with Crippen molar-refractivity contribution in [3.63, 3.8) is 0 Å². The van der Waals surface area contributed by atoms with Gasteiger partial charge in [-0.1, -0.05) is 30.3 Å². The Morgan fingerprint density at radius 2 is 1.23 bits per heavy atom. The first-order valence-electron chi connectivity index (χ1n) is 16.7. The molecule has 0 saturated carbocycles. The van der Waals surface area contributed by atoms with Gasteiger partial charge in [-0.3, -0.25) is 34.8 Å². The van der Waals surface area contributed by atoms with Crippen LogP contribution in [0, 0.1) is 14.4 Å². The van der Waals surface area contributed by atoms with E-state index in [1.54, 1.807) is 6.20 Å². The van der Waals surface area contributed by atoms with Crippen molar-refractivity contribution in [2.24, 2.45) is 17.2 Å². The zero-order valence-corrected chi connectivity index (χ0v) is 31.0. The Labute approximate surface area is 314 Å². The number of H-pyrrole nitrogens is 1. The van der Waals surface area contributed by atoms with Gasteiger partial charge in [-0.05, 0) is 77.6 Å². The molecule has 0 radical (unpaired) electrons. The number of aromatic amines is 1. The predicted molar refractivity (Wildman–Crippen MR) is 206 cm³/mol. The lowest BCUT2D eigenvalue weighted by Crippen LogP contribution is -2.58. The number of nitrogens with two attached hydrogens (primary N) is 3. The summed E-state index contributed by atoms with van der Waals surface area (Å²) >= 11 is 2.16. The number of amides is 5. The smallest absolute Gasteiger partial charge is 0.243 e. The van der Waals surface area contributed by atoms with E-state index in [1.807, 2.05) is 48.5 Å². The van der Waals surface area contributed by atoms with E-state index in [4.69, 9.17) is 28.0 Å². The summed E-state index contributed by atoms with van der Waals surface area (Å²) in [7, 11) is 0. The highest BCUT2D eigenvalue weighted by molar-refractivity contribution is 14.1. The molecule has 0 unspecified atom stereocenters. The van der Waals surface area contributed by atoms with Gasteiger partial charge in [0.15, 0.2) is 11.9 Å². The summed E-state index contributed by atoms with van der Waals surface area (Å²) < 4.78 is 0.996. The minimum Gasteiger partial charge on any atom is -0.370 e. The predicted octanol–water partition coefficient (Wildman–Crippen LogP) is -0.471. The normalized spacial score (nSPS) is 13.1. The molecule has 0 fully saturated rings. The lowest BCUT2D eigenvalue weighted by molar-refractivity contribution is -0.134. The van der Waals surface area contributed by atoms with E-state index in [2.05, 4.69) is 59.5 Å². The van der Waals surface area contributed by atoms with Gasteiger partial charge in [0.2, 0.25) is 29.5 Å². The molecule has 3 aromatic rings. The van der Waals surface area contributed by atoms with Crippen molar-refractivity contribution in [1.29, 1.82) is 10.8 Å². The maximum Gasteiger partial charge on any atom is 0.243 e. The molecule has 17 nitrogen and oxygen atoms in total. The number of para-hydroxylation sites is 1. The molecule has 4 atom stereocenters. The third-order valence-electron chi connectivity index (χ3n) is 8.04. The molecule has 18 heteroatoms. The lowest BCUT2D eigenvalue weighted by atomic mass is 10.0. The lowest BCUT2D eigenvalue weighted by Gasteiger charge is -2.26. The van der Waals surface area contributed by atoms with Crippen LogP contribution in [0.15, 0.2) is 54.7 Å². The fraction of sp³-hybridized carbons (Fsp3) is 0.382. The summed E-state index contributed by atoms with van der Waals surface area (Å²) in [6.45, 7) is 1.79. The summed E-state index contributed by atoms with van der Waals surface area (Å²) in [5.41, 5.74) is 18.7. The van der Waals surface area contributed by atoms with Crippen LogP contribution in [0.25, 0.3) is 10.9 Å². The Morgan fingerprint density at radius 3 is 1.81 bits per heavy atom. The average molecular weight is 831 g/mol. The van der Waals surface area contributed by atoms with Crippen LogP contribution in [0.5, 0.6) is 0 Å². The number of fused-ring (bicyclic) bond motifs is 1. The van der Waals surface area contributed by atoms with E-state index in [0.29, 0.717) is 18.4 Å². The number of rotatable bonds is 20. The molecule has 0 saturated heterocycles. The maximum atomic E-state index is 14.0. The molecule has 1 heterocycles. The van der Waals surface area contributed by atoms with Crippen LogP contribution in [0.4, 0.5) is 0 Å². The highest BCUT2D eigenvalue weighted by atomic mass is 127. The second kappa shape index (κ2) is 20.4. The fourth-order valence-corrected chi connectivity index (χ4v) is 5.83. The van der Waals surface area contributed by atoms with E-state index in [-0.39, 0.29) is 50.7 Å². The molecule has 0 aliphatic carbocycles. The molecule has 5 amide bonds. The van der Waals surface area contributed by atoms with Crippen molar-refractivity contribution in [3.05, 3.63) is 69.4 Å². The molecular weight excluding hydrogens is 783 g/mol. The molecule has 15 N–H and O–H groups in total. The Bertz CT molecular complexity index is 1730. The first-order chi connectivity index (χ1) is 24.7. The highest BCUT2D eigenvalue weighted by Crippen LogP contribution is 2.19. The van der Waals surface area contributed by atoms with Crippen molar-refractivity contribution < 1.29 is 24.0 Å². The van der Waals surface area contributed by atoms with Gasteiger partial charge >= 0.3 is 0 Å². The number of nitrogens with one attached hydrogen (secondary N) is 9. The molecule has 3 rings (SSSR count). The topological polar surface area (TPSA) is 299 Å². The van der Waals surface area contributed by atoms with Crippen molar-refractivity contribution in [3.8, 4) is 0 Å². The number of primary amides is 1. The SMILES string of the molecule is CC(=O)N[C@H](Cc1ccc(I)cc1)C(=O)N[C@@H](CCCNC(=N)N)C(=O)N[C@@H](Cc1c[nH]c2ccccc12)C(=O)N[C@@H](CCCNC(=N)N)C(N)=O. The molecule has 0 spiro atoms. The molecule has 0 aliphatic rings. The summed E-state index contributed by atoms with van der Waals surface area (Å²) in [6, 6.07) is 10.4. The van der Waals surface area contributed by atoms with Crippen LogP contribution in [-0.2, 0) is 36.8 Å². The number of hydrogen-bond donors (Lipinski definition) is 12. The van der Waals surface area contributed by atoms with E-state index in [0.717, 1.165) is 20.0 Å². The number of benzene rings is 2. The first-order valence-corrected chi connectivity index (χ1v) is 17.7. The van der Waals surface area contributed by atoms with Crippen molar-refractivity contribution >= 4 is 74.9 Å². The van der Waals surface area contributed by atoms with Gasteiger partial charge in [-0.15, -0.1) is 0 Å². The Hall–Kier alpha value is -5.40. The summed E-state index contributed by atoms with van der Waals surface area (Å²) in [5, 5.41) is 31.7. The van der Waals surface area contributed by atoms with Crippen molar-refractivity contribution in [2.75, 3.05) is 13.1 Å². The molecular formula is C34H47IN12O5. The summed E-state index contributed by atoms with van der Waals surface area (Å²) in [6.07, 6.45) is 2.79.